The maximum atomic E-state index is 4.05. The molecule has 0 radical (unpaired) electrons. The first-order valence-electron chi connectivity index (χ1n) is 8.51. The van der Waals surface area contributed by atoms with Gasteiger partial charge in [-0.3, -0.25) is 0 Å². The lowest BCUT2D eigenvalue weighted by Crippen LogP contribution is -2.21. The molecule has 21 heavy (non-hydrogen) atoms. The number of hydrogen-bond donors (Lipinski definition) is 2. The highest BCUT2D eigenvalue weighted by atomic mass is 14.9. The Morgan fingerprint density at radius 1 is 1.05 bits per heavy atom. The van der Waals surface area contributed by atoms with Gasteiger partial charge in [0, 0.05) is 24.0 Å². The van der Waals surface area contributed by atoms with Crippen molar-refractivity contribution in [2.24, 2.45) is 5.92 Å². The molecular formula is C19H36N2. The molecule has 0 rings (SSSR count). The van der Waals surface area contributed by atoms with Gasteiger partial charge in [0.25, 0.3) is 0 Å². The van der Waals surface area contributed by atoms with Gasteiger partial charge in [-0.05, 0) is 45.1 Å². The monoisotopic (exact) mass is 292 g/mol. The van der Waals surface area contributed by atoms with Crippen LogP contribution < -0.4 is 10.6 Å². The summed E-state index contributed by atoms with van der Waals surface area (Å²) in [5.41, 5.74) is 2.21. The summed E-state index contributed by atoms with van der Waals surface area (Å²) in [7, 11) is 0. The van der Waals surface area contributed by atoms with Crippen LogP contribution in [-0.2, 0) is 0 Å². The van der Waals surface area contributed by atoms with Crippen molar-refractivity contribution in [2.75, 3.05) is 6.54 Å². The van der Waals surface area contributed by atoms with Crippen LogP contribution in [0.25, 0.3) is 0 Å². The Morgan fingerprint density at radius 3 is 2.33 bits per heavy atom. The lowest BCUT2D eigenvalue weighted by atomic mass is 10.1. The van der Waals surface area contributed by atoms with Crippen LogP contribution in [0.1, 0.15) is 66.2 Å². The van der Waals surface area contributed by atoms with Crippen LogP contribution >= 0.6 is 0 Å². The van der Waals surface area contributed by atoms with Crippen molar-refractivity contribution in [3.05, 3.63) is 36.7 Å². The summed E-state index contributed by atoms with van der Waals surface area (Å²) < 4.78 is 0. The number of hydrogen-bond acceptors (Lipinski definition) is 2. The molecule has 0 saturated carbocycles. The SMILES string of the molecule is C=C(/C=C/C(C)CC)NCCCCCCC(=C)NC(C)C. The molecule has 1 unspecified atom stereocenters. The molecule has 0 aromatic carbocycles. The van der Waals surface area contributed by atoms with Crippen molar-refractivity contribution in [3.63, 3.8) is 0 Å². The van der Waals surface area contributed by atoms with Gasteiger partial charge in [0.2, 0.25) is 0 Å². The molecule has 2 nitrogen and oxygen atoms in total. The summed E-state index contributed by atoms with van der Waals surface area (Å²) in [4.78, 5) is 0. The molecule has 0 aliphatic heterocycles. The summed E-state index contributed by atoms with van der Waals surface area (Å²) in [6.07, 6.45) is 11.6. The molecule has 0 spiro atoms. The van der Waals surface area contributed by atoms with E-state index in [0.29, 0.717) is 12.0 Å². The first-order chi connectivity index (χ1) is 9.95. The van der Waals surface area contributed by atoms with Crippen molar-refractivity contribution in [2.45, 2.75) is 72.3 Å². The minimum Gasteiger partial charge on any atom is -0.387 e. The third-order valence-corrected chi connectivity index (χ3v) is 3.52. The fourth-order valence-corrected chi connectivity index (χ4v) is 2.02. The minimum absolute atomic E-state index is 0.496. The standard InChI is InChI=1S/C19H36N2/c1-7-17(4)13-14-18(5)20-15-11-9-8-10-12-19(6)21-16(2)3/h13-14,16-17,20-21H,5-12,15H2,1-4H3/b14-13+. The molecule has 0 saturated heterocycles. The van der Waals surface area contributed by atoms with Gasteiger partial charge in [-0.15, -0.1) is 0 Å². The van der Waals surface area contributed by atoms with Crippen molar-refractivity contribution in [1.29, 1.82) is 0 Å². The molecule has 1 atom stereocenters. The zero-order valence-electron chi connectivity index (χ0n) is 14.7. The lowest BCUT2D eigenvalue weighted by molar-refractivity contribution is 0.587. The summed E-state index contributed by atoms with van der Waals surface area (Å²) in [5.74, 6) is 0.635. The third kappa shape index (κ3) is 13.6. The molecule has 0 fully saturated rings. The maximum Gasteiger partial charge on any atom is 0.0263 e. The Bertz CT molecular complexity index is 316. The largest absolute Gasteiger partial charge is 0.387 e. The molecular weight excluding hydrogens is 256 g/mol. The fraction of sp³-hybridized carbons (Fsp3) is 0.684. The van der Waals surface area contributed by atoms with E-state index in [1.807, 2.05) is 0 Å². The summed E-state index contributed by atoms with van der Waals surface area (Å²) in [6.45, 7) is 17.8. The van der Waals surface area contributed by atoms with Crippen LogP contribution in [-0.4, -0.2) is 12.6 Å². The molecule has 0 aliphatic rings. The van der Waals surface area contributed by atoms with Crippen molar-refractivity contribution < 1.29 is 0 Å². The van der Waals surface area contributed by atoms with Crippen LogP contribution in [0, 0.1) is 5.92 Å². The average molecular weight is 293 g/mol. The maximum absolute atomic E-state index is 4.05. The van der Waals surface area contributed by atoms with E-state index in [1.165, 1.54) is 37.8 Å². The predicted molar refractivity (Wildman–Crippen MR) is 96.2 cm³/mol. The molecule has 0 amide bonds. The number of nitrogens with one attached hydrogen (secondary N) is 2. The minimum atomic E-state index is 0.496. The molecule has 2 heteroatoms. The summed E-state index contributed by atoms with van der Waals surface area (Å²) in [6, 6.07) is 0.496. The Hall–Kier alpha value is -1.18. The van der Waals surface area contributed by atoms with Crippen LogP contribution in [0.5, 0.6) is 0 Å². The van der Waals surface area contributed by atoms with Gasteiger partial charge in [-0.25, -0.2) is 0 Å². The molecule has 0 bridgehead atoms. The van der Waals surface area contributed by atoms with Gasteiger partial charge in [0.1, 0.15) is 0 Å². The molecule has 122 valence electrons. The highest BCUT2D eigenvalue weighted by molar-refractivity contribution is 5.12. The molecule has 2 N–H and O–H groups in total. The second-order valence-electron chi connectivity index (χ2n) is 6.26. The van der Waals surface area contributed by atoms with Crippen molar-refractivity contribution >= 4 is 0 Å². The quantitative estimate of drug-likeness (QED) is 0.362. The Labute approximate surface area is 132 Å². The number of allylic oxidation sites excluding steroid dienone is 3. The first kappa shape index (κ1) is 19.8. The van der Waals surface area contributed by atoms with Gasteiger partial charge < -0.3 is 10.6 Å². The zero-order chi connectivity index (χ0) is 16.1. The van der Waals surface area contributed by atoms with Crippen LogP contribution in [0.3, 0.4) is 0 Å². The normalized spacial score (nSPS) is 12.6. The van der Waals surface area contributed by atoms with E-state index in [9.17, 15) is 0 Å². The fourth-order valence-electron chi connectivity index (χ4n) is 2.02. The van der Waals surface area contributed by atoms with Gasteiger partial charge in [0.05, 0.1) is 0 Å². The Morgan fingerprint density at radius 2 is 1.71 bits per heavy atom. The van der Waals surface area contributed by atoms with E-state index in [2.05, 4.69) is 63.6 Å². The van der Waals surface area contributed by atoms with Crippen molar-refractivity contribution in [3.8, 4) is 0 Å². The van der Waals surface area contributed by atoms with E-state index in [4.69, 9.17) is 0 Å². The van der Waals surface area contributed by atoms with Gasteiger partial charge >= 0.3 is 0 Å². The van der Waals surface area contributed by atoms with Gasteiger partial charge in [0.15, 0.2) is 0 Å². The van der Waals surface area contributed by atoms with Crippen LogP contribution in [0.15, 0.2) is 36.7 Å². The van der Waals surface area contributed by atoms with Gasteiger partial charge in [-0.1, -0.05) is 52.3 Å². The predicted octanol–water partition coefficient (Wildman–Crippen LogP) is 5.15. The molecule has 0 aliphatic carbocycles. The van der Waals surface area contributed by atoms with E-state index in [0.717, 1.165) is 18.7 Å². The third-order valence-electron chi connectivity index (χ3n) is 3.52. The number of rotatable bonds is 13. The number of unbranched alkanes of at least 4 members (excludes halogenated alkanes) is 3. The highest BCUT2D eigenvalue weighted by Gasteiger charge is 1.97. The molecule has 0 heterocycles. The van der Waals surface area contributed by atoms with Gasteiger partial charge in [-0.2, -0.15) is 0 Å². The molecule has 0 aromatic heterocycles. The van der Waals surface area contributed by atoms with Crippen LogP contribution in [0.2, 0.25) is 0 Å². The molecule has 0 aromatic rings. The first-order valence-corrected chi connectivity index (χ1v) is 8.51. The summed E-state index contributed by atoms with van der Waals surface area (Å²) >= 11 is 0. The second kappa shape index (κ2) is 12.6. The smallest absolute Gasteiger partial charge is 0.0263 e. The summed E-state index contributed by atoms with van der Waals surface area (Å²) in [5, 5.41) is 6.74. The second-order valence-corrected chi connectivity index (χ2v) is 6.26. The van der Waals surface area contributed by atoms with E-state index >= 15 is 0 Å². The topological polar surface area (TPSA) is 24.1 Å². The Balaban J connectivity index is 3.46. The van der Waals surface area contributed by atoms with E-state index in [-0.39, 0.29) is 0 Å². The average Bonchev–Trinajstić information content (AvgIpc) is 2.42. The van der Waals surface area contributed by atoms with E-state index < -0.39 is 0 Å². The lowest BCUT2D eigenvalue weighted by Gasteiger charge is -2.12. The Kier molecular flexibility index (Phi) is 11.8. The zero-order valence-corrected chi connectivity index (χ0v) is 14.7. The van der Waals surface area contributed by atoms with Crippen molar-refractivity contribution in [1.82, 2.24) is 10.6 Å². The highest BCUT2D eigenvalue weighted by Crippen LogP contribution is 2.08. The van der Waals surface area contributed by atoms with E-state index in [1.54, 1.807) is 0 Å². The van der Waals surface area contributed by atoms with Crippen LogP contribution in [0.4, 0.5) is 0 Å².